The first-order valence-electron chi connectivity index (χ1n) is 9.04. The summed E-state index contributed by atoms with van der Waals surface area (Å²) in [6.07, 6.45) is 1.71. The van der Waals surface area contributed by atoms with Gasteiger partial charge in [0.05, 0.1) is 6.54 Å². The zero-order chi connectivity index (χ0) is 19.7. The molecule has 0 unspecified atom stereocenters. The summed E-state index contributed by atoms with van der Waals surface area (Å²) in [5.74, 6) is 0.617. The Labute approximate surface area is 162 Å². The lowest BCUT2D eigenvalue weighted by atomic mass is 10.0. The number of amides is 1. The number of aryl methyl sites for hydroxylation is 1. The largest absolute Gasteiger partial charge is 0.491 e. The molecule has 5 nitrogen and oxygen atoms in total. The van der Waals surface area contributed by atoms with Gasteiger partial charge in [-0.25, -0.2) is 9.37 Å². The van der Waals surface area contributed by atoms with Crippen molar-refractivity contribution in [2.45, 2.75) is 13.5 Å². The third-order valence-electron chi connectivity index (χ3n) is 4.87. The number of rotatable bonds is 2. The van der Waals surface area contributed by atoms with Crippen LogP contribution < -0.4 is 10.5 Å². The van der Waals surface area contributed by atoms with Gasteiger partial charge in [0.25, 0.3) is 5.91 Å². The van der Waals surface area contributed by atoms with Gasteiger partial charge < -0.3 is 15.4 Å². The zero-order valence-corrected chi connectivity index (χ0v) is 15.5. The van der Waals surface area contributed by atoms with Crippen LogP contribution in [-0.4, -0.2) is 28.9 Å². The molecule has 0 radical (unpaired) electrons. The van der Waals surface area contributed by atoms with E-state index < -0.39 is 0 Å². The number of nitrogens with two attached hydrogens (primary N) is 1. The Bertz CT molecular complexity index is 1030. The molecule has 1 aromatic heterocycles. The van der Waals surface area contributed by atoms with Gasteiger partial charge in [0.2, 0.25) is 0 Å². The smallest absolute Gasteiger partial charge is 0.254 e. The summed E-state index contributed by atoms with van der Waals surface area (Å²) in [4.78, 5) is 18.7. The van der Waals surface area contributed by atoms with Crippen LogP contribution in [0.4, 0.5) is 10.2 Å². The quantitative estimate of drug-likeness (QED) is 0.737. The number of anilines is 1. The highest BCUT2D eigenvalue weighted by atomic mass is 19.1. The average molecular weight is 377 g/mol. The first-order valence-corrected chi connectivity index (χ1v) is 9.04. The second kappa shape index (κ2) is 7.31. The summed E-state index contributed by atoms with van der Waals surface area (Å²) in [7, 11) is 0. The number of hydrogen-bond donors (Lipinski definition) is 1. The average Bonchev–Trinajstić information content (AvgIpc) is 2.92. The molecule has 28 heavy (non-hydrogen) atoms. The molecule has 0 saturated heterocycles. The van der Waals surface area contributed by atoms with Crippen LogP contribution in [-0.2, 0) is 6.54 Å². The number of pyridine rings is 1. The van der Waals surface area contributed by atoms with Gasteiger partial charge in [-0.3, -0.25) is 4.79 Å². The molecule has 0 spiro atoms. The zero-order valence-electron chi connectivity index (χ0n) is 15.5. The molecule has 6 heteroatoms. The molecule has 0 fully saturated rings. The molecule has 1 aliphatic heterocycles. The molecule has 142 valence electrons. The van der Waals surface area contributed by atoms with Crippen LogP contribution in [0.5, 0.6) is 5.75 Å². The summed E-state index contributed by atoms with van der Waals surface area (Å²) >= 11 is 0. The summed E-state index contributed by atoms with van der Waals surface area (Å²) in [5.41, 5.74) is 9.31. The maximum atomic E-state index is 13.9. The first kappa shape index (κ1) is 18.0. The number of aromatic nitrogens is 1. The van der Waals surface area contributed by atoms with Crippen molar-refractivity contribution in [2.24, 2.45) is 0 Å². The fourth-order valence-corrected chi connectivity index (χ4v) is 3.23. The number of fused-ring (bicyclic) bond motifs is 1. The van der Waals surface area contributed by atoms with Crippen LogP contribution in [0.3, 0.4) is 0 Å². The molecular formula is C22H20FN3O2. The summed E-state index contributed by atoms with van der Waals surface area (Å²) in [6, 6.07) is 14.1. The lowest BCUT2D eigenvalue weighted by Gasteiger charge is -2.20. The molecule has 1 aliphatic rings. The van der Waals surface area contributed by atoms with E-state index in [1.165, 1.54) is 6.07 Å². The molecule has 3 aromatic rings. The molecular weight excluding hydrogens is 357 g/mol. The third kappa shape index (κ3) is 3.53. The van der Waals surface area contributed by atoms with Gasteiger partial charge in [-0.05, 0) is 54.4 Å². The van der Waals surface area contributed by atoms with Gasteiger partial charge in [0.15, 0.2) is 0 Å². The standard InChI is InChI=1S/C22H20FN3O2/c1-14-2-3-16(11-19(14)23)22(27)26-8-9-28-20-6-4-15(10-18(20)13-26)17-5-7-21(24)25-12-17/h2-7,10-12H,8-9,13H2,1H3,(H2,24,25). The third-order valence-corrected chi connectivity index (χ3v) is 4.87. The van der Waals surface area contributed by atoms with Gasteiger partial charge in [-0.2, -0.15) is 0 Å². The maximum absolute atomic E-state index is 13.9. The van der Waals surface area contributed by atoms with Crippen molar-refractivity contribution in [3.8, 4) is 16.9 Å². The Morgan fingerprint density at radius 2 is 1.96 bits per heavy atom. The van der Waals surface area contributed by atoms with E-state index in [4.69, 9.17) is 10.5 Å². The highest BCUT2D eigenvalue weighted by Gasteiger charge is 2.22. The van der Waals surface area contributed by atoms with Crippen molar-refractivity contribution in [3.05, 3.63) is 77.2 Å². The Hall–Kier alpha value is -3.41. The van der Waals surface area contributed by atoms with Crippen molar-refractivity contribution < 1.29 is 13.9 Å². The highest BCUT2D eigenvalue weighted by Crippen LogP contribution is 2.29. The highest BCUT2D eigenvalue weighted by molar-refractivity contribution is 5.94. The van der Waals surface area contributed by atoms with Crippen molar-refractivity contribution in [1.29, 1.82) is 0 Å². The Balaban J connectivity index is 1.63. The predicted octanol–water partition coefficient (Wildman–Crippen LogP) is 3.81. The summed E-state index contributed by atoms with van der Waals surface area (Å²) < 4.78 is 19.7. The van der Waals surface area contributed by atoms with Gasteiger partial charge in [-0.1, -0.05) is 12.1 Å². The molecule has 0 bridgehead atoms. The molecule has 2 heterocycles. The molecule has 2 N–H and O–H groups in total. The van der Waals surface area contributed by atoms with E-state index in [1.807, 2.05) is 24.3 Å². The lowest BCUT2D eigenvalue weighted by Crippen LogP contribution is -2.32. The van der Waals surface area contributed by atoms with E-state index in [9.17, 15) is 9.18 Å². The summed E-state index contributed by atoms with van der Waals surface area (Å²) in [5, 5.41) is 0. The molecule has 2 aromatic carbocycles. The lowest BCUT2D eigenvalue weighted by molar-refractivity contribution is 0.0732. The summed E-state index contributed by atoms with van der Waals surface area (Å²) in [6.45, 7) is 2.88. The number of nitrogens with zero attached hydrogens (tertiary/aromatic N) is 2. The van der Waals surface area contributed by atoms with Gasteiger partial charge in [-0.15, -0.1) is 0 Å². The van der Waals surface area contributed by atoms with E-state index in [0.29, 0.717) is 36.6 Å². The van der Waals surface area contributed by atoms with E-state index in [0.717, 1.165) is 22.4 Å². The predicted molar refractivity (Wildman–Crippen MR) is 105 cm³/mol. The van der Waals surface area contributed by atoms with Crippen molar-refractivity contribution in [2.75, 3.05) is 18.9 Å². The van der Waals surface area contributed by atoms with Crippen molar-refractivity contribution in [1.82, 2.24) is 9.88 Å². The number of nitrogen functional groups attached to an aromatic ring is 1. The minimum absolute atomic E-state index is 0.213. The molecule has 0 saturated carbocycles. The number of benzene rings is 2. The van der Waals surface area contributed by atoms with E-state index in [2.05, 4.69) is 4.98 Å². The number of halogens is 1. The van der Waals surface area contributed by atoms with Crippen LogP contribution >= 0.6 is 0 Å². The number of carbonyl (C=O) groups is 1. The monoisotopic (exact) mass is 377 g/mol. The van der Waals surface area contributed by atoms with Crippen LogP contribution in [0.15, 0.2) is 54.7 Å². The minimum Gasteiger partial charge on any atom is -0.491 e. The van der Waals surface area contributed by atoms with Gasteiger partial charge in [0, 0.05) is 29.4 Å². The Morgan fingerprint density at radius 1 is 1.14 bits per heavy atom. The number of ether oxygens (including phenoxy) is 1. The fourth-order valence-electron chi connectivity index (χ4n) is 3.23. The fraction of sp³-hybridized carbons (Fsp3) is 0.182. The van der Waals surface area contributed by atoms with Crippen LogP contribution in [0.1, 0.15) is 21.5 Å². The molecule has 1 amide bonds. The first-order chi connectivity index (χ1) is 13.5. The van der Waals surface area contributed by atoms with Crippen LogP contribution in [0, 0.1) is 12.7 Å². The molecule has 0 aliphatic carbocycles. The Kier molecular flexibility index (Phi) is 4.69. The second-order valence-electron chi connectivity index (χ2n) is 6.83. The van der Waals surface area contributed by atoms with Crippen LogP contribution in [0.2, 0.25) is 0 Å². The normalized spacial score (nSPS) is 13.4. The molecule has 0 atom stereocenters. The van der Waals surface area contributed by atoms with Crippen molar-refractivity contribution in [3.63, 3.8) is 0 Å². The van der Waals surface area contributed by atoms with Gasteiger partial charge in [0.1, 0.15) is 24.0 Å². The van der Waals surface area contributed by atoms with E-state index in [-0.39, 0.29) is 11.7 Å². The van der Waals surface area contributed by atoms with Crippen LogP contribution in [0.25, 0.3) is 11.1 Å². The Morgan fingerprint density at radius 3 is 2.71 bits per heavy atom. The number of carbonyl (C=O) groups excluding carboxylic acids is 1. The van der Waals surface area contributed by atoms with E-state index >= 15 is 0 Å². The topological polar surface area (TPSA) is 68.5 Å². The van der Waals surface area contributed by atoms with E-state index in [1.54, 1.807) is 36.2 Å². The second-order valence-corrected chi connectivity index (χ2v) is 6.83. The minimum atomic E-state index is -0.379. The van der Waals surface area contributed by atoms with Gasteiger partial charge >= 0.3 is 0 Å². The molecule has 4 rings (SSSR count). The SMILES string of the molecule is Cc1ccc(C(=O)N2CCOc3ccc(-c4ccc(N)nc4)cc3C2)cc1F. The maximum Gasteiger partial charge on any atom is 0.254 e. The van der Waals surface area contributed by atoms with Crippen molar-refractivity contribution >= 4 is 11.7 Å². The number of hydrogen-bond acceptors (Lipinski definition) is 4.